The Hall–Kier alpha value is -3.14. The van der Waals surface area contributed by atoms with Crippen LogP contribution < -0.4 is 0 Å². The van der Waals surface area contributed by atoms with Crippen molar-refractivity contribution in [3.63, 3.8) is 0 Å². The molecule has 0 atom stereocenters. The number of hydrogen-bond donors (Lipinski definition) is 0. The first-order valence-corrected chi connectivity index (χ1v) is 9.88. The van der Waals surface area contributed by atoms with Crippen molar-refractivity contribution in [3.05, 3.63) is 84.7 Å². The molecule has 0 bridgehead atoms. The Morgan fingerprint density at radius 1 is 1.00 bits per heavy atom. The molecule has 1 saturated heterocycles. The van der Waals surface area contributed by atoms with Gasteiger partial charge in [0.25, 0.3) is 0 Å². The smallest absolute Gasteiger partial charge is 0.246 e. The lowest BCUT2D eigenvalue weighted by molar-refractivity contribution is -0.127. The highest BCUT2D eigenvalue weighted by Gasteiger charge is 2.22. The first kappa shape index (κ1) is 18.2. The standard InChI is InChI=1S/C24H25N3O/c28-23(12-11-20-7-3-1-4-8-20)26-16-13-21(14-17-26)19-27-18-15-25-24(27)22-9-5-2-6-10-22/h1-12,15,18,21H,13-14,16-17,19H2/b12-11+. The second kappa shape index (κ2) is 8.70. The minimum atomic E-state index is 0.106. The molecule has 1 aliphatic rings. The molecule has 0 radical (unpaired) electrons. The third-order valence-corrected chi connectivity index (χ3v) is 5.35. The van der Waals surface area contributed by atoms with E-state index < -0.39 is 0 Å². The van der Waals surface area contributed by atoms with Crippen LogP contribution in [0.3, 0.4) is 0 Å². The molecule has 1 aliphatic heterocycles. The molecule has 1 amide bonds. The van der Waals surface area contributed by atoms with Gasteiger partial charge in [-0.15, -0.1) is 0 Å². The lowest BCUT2D eigenvalue weighted by Crippen LogP contribution is -2.38. The molecule has 4 heteroatoms. The van der Waals surface area contributed by atoms with Gasteiger partial charge in [0.1, 0.15) is 5.82 Å². The van der Waals surface area contributed by atoms with Gasteiger partial charge in [-0.3, -0.25) is 4.79 Å². The van der Waals surface area contributed by atoms with Crippen molar-refractivity contribution < 1.29 is 4.79 Å². The molecule has 142 valence electrons. The number of benzene rings is 2. The second-order valence-electron chi connectivity index (χ2n) is 7.28. The molecule has 4 rings (SSSR count). The normalized spacial score (nSPS) is 15.2. The van der Waals surface area contributed by atoms with Crippen molar-refractivity contribution in [1.29, 1.82) is 0 Å². The first-order valence-electron chi connectivity index (χ1n) is 9.88. The van der Waals surface area contributed by atoms with Crippen molar-refractivity contribution in [3.8, 4) is 11.4 Å². The van der Waals surface area contributed by atoms with Crippen LogP contribution in [-0.2, 0) is 11.3 Å². The molecule has 0 unspecified atom stereocenters. The summed E-state index contributed by atoms with van der Waals surface area (Å²) in [5.41, 5.74) is 2.20. The van der Waals surface area contributed by atoms with Crippen molar-refractivity contribution >= 4 is 12.0 Å². The maximum Gasteiger partial charge on any atom is 0.246 e. The number of likely N-dealkylation sites (tertiary alicyclic amines) is 1. The van der Waals surface area contributed by atoms with E-state index in [-0.39, 0.29) is 5.91 Å². The molecule has 0 saturated carbocycles. The molecule has 3 aromatic rings. The summed E-state index contributed by atoms with van der Waals surface area (Å²) in [7, 11) is 0. The summed E-state index contributed by atoms with van der Waals surface area (Å²) in [6, 6.07) is 20.3. The topological polar surface area (TPSA) is 38.1 Å². The Kier molecular flexibility index (Phi) is 5.66. The van der Waals surface area contributed by atoms with E-state index in [2.05, 4.69) is 27.9 Å². The van der Waals surface area contributed by atoms with Crippen molar-refractivity contribution in [2.45, 2.75) is 19.4 Å². The second-order valence-corrected chi connectivity index (χ2v) is 7.28. The van der Waals surface area contributed by atoms with Crippen LogP contribution in [0.1, 0.15) is 18.4 Å². The van der Waals surface area contributed by atoms with Crippen LogP contribution in [0.2, 0.25) is 0 Å². The molecule has 0 N–H and O–H groups in total. The number of rotatable bonds is 5. The Morgan fingerprint density at radius 2 is 1.68 bits per heavy atom. The van der Waals surface area contributed by atoms with Gasteiger partial charge in [0, 0.05) is 43.7 Å². The van der Waals surface area contributed by atoms with E-state index in [0.29, 0.717) is 5.92 Å². The minimum Gasteiger partial charge on any atom is -0.339 e. The van der Waals surface area contributed by atoms with Gasteiger partial charge in [-0.05, 0) is 30.4 Å². The summed E-state index contributed by atoms with van der Waals surface area (Å²) in [6.45, 7) is 2.59. The van der Waals surface area contributed by atoms with Crippen LogP contribution in [-0.4, -0.2) is 33.4 Å². The molecule has 2 aromatic carbocycles. The molecule has 2 heterocycles. The van der Waals surface area contributed by atoms with Crippen molar-refractivity contribution in [2.24, 2.45) is 5.92 Å². The van der Waals surface area contributed by atoms with Gasteiger partial charge < -0.3 is 9.47 Å². The summed E-state index contributed by atoms with van der Waals surface area (Å²) in [4.78, 5) is 19.0. The molecule has 4 nitrogen and oxygen atoms in total. The van der Waals surface area contributed by atoms with Gasteiger partial charge in [-0.25, -0.2) is 4.98 Å². The Morgan fingerprint density at radius 3 is 2.39 bits per heavy atom. The fourth-order valence-corrected chi connectivity index (χ4v) is 3.76. The minimum absolute atomic E-state index is 0.106. The summed E-state index contributed by atoms with van der Waals surface area (Å²) in [5, 5.41) is 0. The van der Waals surface area contributed by atoms with E-state index in [9.17, 15) is 4.79 Å². The van der Waals surface area contributed by atoms with Gasteiger partial charge in [-0.2, -0.15) is 0 Å². The zero-order chi connectivity index (χ0) is 19.2. The van der Waals surface area contributed by atoms with E-state index in [1.165, 1.54) is 0 Å². The lowest BCUT2D eigenvalue weighted by atomic mass is 9.96. The summed E-state index contributed by atoms with van der Waals surface area (Å²) in [5.74, 6) is 1.69. The third-order valence-electron chi connectivity index (χ3n) is 5.35. The maximum atomic E-state index is 12.5. The number of amides is 1. The monoisotopic (exact) mass is 371 g/mol. The van der Waals surface area contributed by atoms with E-state index in [0.717, 1.165) is 49.4 Å². The molecule has 0 spiro atoms. The van der Waals surface area contributed by atoms with E-state index >= 15 is 0 Å². The van der Waals surface area contributed by atoms with Crippen molar-refractivity contribution in [1.82, 2.24) is 14.5 Å². The Labute approximate surface area is 166 Å². The van der Waals surface area contributed by atoms with Gasteiger partial charge in [0.05, 0.1) is 0 Å². The maximum absolute atomic E-state index is 12.5. The van der Waals surface area contributed by atoms with E-state index in [1.54, 1.807) is 6.08 Å². The van der Waals surface area contributed by atoms with E-state index in [4.69, 9.17) is 0 Å². The highest BCUT2D eigenvalue weighted by atomic mass is 16.2. The summed E-state index contributed by atoms with van der Waals surface area (Å²) >= 11 is 0. The molecule has 1 aromatic heterocycles. The predicted octanol–water partition coefficient (Wildman–Crippen LogP) is 4.50. The highest BCUT2D eigenvalue weighted by Crippen LogP contribution is 2.23. The highest BCUT2D eigenvalue weighted by molar-refractivity contribution is 5.91. The van der Waals surface area contributed by atoms with Crippen LogP contribution in [0.4, 0.5) is 0 Å². The number of imidazole rings is 1. The molecular formula is C24H25N3O. The zero-order valence-corrected chi connectivity index (χ0v) is 15.9. The fourth-order valence-electron chi connectivity index (χ4n) is 3.76. The van der Waals surface area contributed by atoms with Crippen LogP contribution in [0, 0.1) is 5.92 Å². The Balaban J connectivity index is 1.32. The molecule has 28 heavy (non-hydrogen) atoms. The first-order chi connectivity index (χ1) is 13.8. The Bertz CT molecular complexity index is 923. The molecular weight excluding hydrogens is 346 g/mol. The van der Waals surface area contributed by atoms with Gasteiger partial charge in [-0.1, -0.05) is 60.7 Å². The molecule has 0 aliphatic carbocycles. The van der Waals surface area contributed by atoms with Gasteiger partial charge in [0.15, 0.2) is 0 Å². The van der Waals surface area contributed by atoms with Gasteiger partial charge in [0.2, 0.25) is 5.91 Å². The third kappa shape index (κ3) is 4.39. The number of carbonyl (C=O) groups excluding carboxylic acids is 1. The summed E-state index contributed by atoms with van der Waals surface area (Å²) < 4.78 is 2.24. The van der Waals surface area contributed by atoms with Crippen LogP contribution in [0.15, 0.2) is 79.1 Å². The lowest BCUT2D eigenvalue weighted by Gasteiger charge is -2.31. The number of nitrogens with zero attached hydrogens (tertiary/aromatic N) is 3. The van der Waals surface area contributed by atoms with Crippen LogP contribution >= 0.6 is 0 Å². The average molecular weight is 371 g/mol. The number of aromatic nitrogens is 2. The fraction of sp³-hybridized carbons (Fsp3) is 0.250. The number of hydrogen-bond acceptors (Lipinski definition) is 2. The van der Waals surface area contributed by atoms with Gasteiger partial charge >= 0.3 is 0 Å². The van der Waals surface area contributed by atoms with Crippen LogP contribution in [0.5, 0.6) is 0 Å². The quantitative estimate of drug-likeness (QED) is 0.619. The average Bonchev–Trinajstić information content (AvgIpc) is 3.22. The van der Waals surface area contributed by atoms with Crippen molar-refractivity contribution in [2.75, 3.05) is 13.1 Å². The summed E-state index contributed by atoms with van der Waals surface area (Å²) in [6.07, 6.45) is 9.57. The van der Waals surface area contributed by atoms with E-state index in [1.807, 2.05) is 65.7 Å². The van der Waals surface area contributed by atoms with Crippen LogP contribution in [0.25, 0.3) is 17.5 Å². The molecule has 1 fully saturated rings. The largest absolute Gasteiger partial charge is 0.339 e. The number of piperidine rings is 1. The predicted molar refractivity (Wildman–Crippen MR) is 112 cm³/mol. The zero-order valence-electron chi connectivity index (χ0n) is 15.9. The number of carbonyl (C=O) groups is 1. The SMILES string of the molecule is O=C(/C=C/c1ccccc1)N1CCC(Cn2ccnc2-c2ccccc2)CC1.